The monoisotopic (exact) mass is 267 g/mol. The molecule has 104 valence electrons. The number of nitrogens with one attached hydrogen (secondary N) is 3. The zero-order valence-electron chi connectivity index (χ0n) is 10.8. The van der Waals surface area contributed by atoms with Gasteiger partial charge >= 0.3 is 6.03 Å². The molecule has 0 saturated heterocycles. The maximum atomic E-state index is 12.9. The number of urea groups is 1. The third kappa shape index (κ3) is 6.40. The van der Waals surface area contributed by atoms with E-state index in [4.69, 9.17) is 0 Å². The summed E-state index contributed by atoms with van der Waals surface area (Å²) in [5, 5.41) is 7.47. The highest BCUT2D eigenvalue weighted by atomic mass is 19.1. The lowest BCUT2D eigenvalue weighted by Crippen LogP contribution is -2.42. The Morgan fingerprint density at radius 3 is 2.79 bits per heavy atom. The molecule has 0 atom stereocenters. The number of unbranched alkanes of at least 4 members (excludes halogenated alkanes) is 1. The molecule has 3 N–H and O–H groups in total. The van der Waals surface area contributed by atoms with Gasteiger partial charge in [0.05, 0.1) is 6.54 Å². The van der Waals surface area contributed by atoms with Crippen LogP contribution in [0.4, 0.5) is 14.9 Å². The maximum Gasteiger partial charge on any atom is 0.321 e. The van der Waals surface area contributed by atoms with Gasteiger partial charge in [0.15, 0.2) is 0 Å². The van der Waals surface area contributed by atoms with Gasteiger partial charge in [-0.2, -0.15) is 0 Å². The number of imide groups is 1. The first kappa shape index (κ1) is 14.9. The molecule has 0 aliphatic heterocycles. The van der Waals surface area contributed by atoms with Crippen LogP contribution in [0.3, 0.4) is 0 Å². The topological polar surface area (TPSA) is 70.2 Å². The number of hydrogen-bond donors (Lipinski definition) is 3. The Labute approximate surface area is 111 Å². The fourth-order valence-corrected chi connectivity index (χ4v) is 1.37. The summed E-state index contributed by atoms with van der Waals surface area (Å²) < 4.78 is 12.9. The molecule has 0 spiro atoms. The van der Waals surface area contributed by atoms with E-state index in [1.807, 2.05) is 6.92 Å². The van der Waals surface area contributed by atoms with Crippen molar-refractivity contribution in [3.63, 3.8) is 0 Å². The lowest BCUT2D eigenvalue weighted by atomic mass is 10.3. The van der Waals surface area contributed by atoms with Crippen molar-refractivity contribution in [3.8, 4) is 0 Å². The SMILES string of the molecule is CCCCNC(=O)NC(=O)CNc1cccc(F)c1. The summed E-state index contributed by atoms with van der Waals surface area (Å²) in [6.45, 7) is 2.45. The minimum atomic E-state index is -0.514. The summed E-state index contributed by atoms with van der Waals surface area (Å²) in [7, 11) is 0. The van der Waals surface area contributed by atoms with Crippen LogP contribution in [0.5, 0.6) is 0 Å². The van der Waals surface area contributed by atoms with Gasteiger partial charge in [-0.1, -0.05) is 19.4 Å². The van der Waals surface area contributed by atoms with Crippen LogP contribution in [0.2, 0.25) is 0 Å². The molecule has 3 amide bonds. The van der Waals surface area contributed by atoms with Crippen LogP contribution in [0, 0.1) is 5.82 Å². The number of rotatable bonds is 6. The van der Waals surface area contributed by atoms with Crippen molar-refractivity contribution >= 4 is 17.6 Å². The van der Waals surface area contributed by atoms with Gasteiger partial charge < -0.3 is 10.6 Å². The molecular formula is C13H18FN3O2. The first-order valence-electron chi connectivity index (χ1n) is 6.19. The molecule has 0 unspecified atom stereocenters. The normalized spacial score (nSPS) is 9.79. The van der Waals surface area contributed by atoms with Crippen LogP contribution < -0.4 is 16.0 Å². The first-order chi connectivity index (χ1) is 9.11. The van der Waals surface area contributed by atoms with E-state index < -0.39 is 11.9 Å². The molecule has 1 aromatic rings. The average molecular weight is 267 g/mol. The van der Waals surface area contributed by atoms with Gasteiger partial charge in [-0.05, 0) is 24.6 Å². The second-order valence-electron chi connectivity index (χ2n) is 4.02. The highest BCUT2D eigenvalue weighted by molar-refractivity contribution is 5.96. The smallest absolute Gasteiger partial charge is 0.321 e. The van der Waals surface area contributed by atoms with Gasteiger partial charge in [0.1, 0.15) is 5.82 Å². The molecular weight excluding hydrogens is 249 g/mol. The Morgan fingerprint density at radius 2 is 2.11 bits per heavy atom. The van der Waals surface area contributed by atoms with Gasteiger partial charge in [0, 0.05) is 12.2 Å². The number of anilines is 1. The Kier molecular flexibility index (Phi) is 6.35. The van der Waals surface area contributed by atoms with E-state index in [2.05, 4.69) is 16.0 Å². The molecule has 0 fully saturated rings. The minimum absolute atomic E-state index is 0.0926. The molecule has 0 aliphatic carbocycles. The van der Waals surface area contributed by atoms with Crippen molar-refractivity contribution in [2.75, 3.05) is 18.4 Å². The highest BCUT2D eigenvalue weighted by Gasteiger charge is 2.06. The molecule has 19 heavy (non-hydrogen) atoms. The molecule has 0 bridgehead atoms. The molecule has 5 nitrogen and oxygen atoms in total. The van der Waals surface area contributed by atoms with Crippen molar-refractivity contribution < 1.29 is 14.0 Å². The Morgan fingerprint density at radius 1 is 1.32 bits per heavy atom. The van der Waals surface area contributed by atoms with Crippen molar-refractivity contribution in [2.45, 2.75) is 19.8 Å². The summed E-state index contributed by atoms with van der Waals surface area (Å²) in [6, 6.07) is 5.24. The predicted molar refractivity (Wildman–Crippen MR) is 71.3 cm³/mol. The van der Waals surface area contributed by atoms with Gasteiger partial charge in [-0.25, -0.2) is 9.18 Å². The maximum absolute atomic E-state index is 12.9. The Bertz CT molecular complexity index is 438. The molecule has 0 aromatic heterocycles. The summed E-state index contributed by atoms with van der Waals surface area (Å²) in [5.41, 5.74) is 0.488. The average Bonchev–Trinajstić information content (AvgIpc) is 2.37. The molecule has 0 radical (unpaired) electrons. The predicted octanol–water partition coefficient (Wildman–Crippen LogP) is 1.86. The third-order valence-electron chi connectivity index (χ3n) is 2.35. The second-order valence-corrected chi connectivity index (χ2v) is 4.02. The molecule has 0 heterocycles. The van der Waals surface area contributed by atoms with Gasteiger partial charge in [0.2, 0.25) is 5.91 Å². The fourth-order valence-electron chi connectivity index (χ4n) is 1.37. The number of halogens is 1. The second kappa shape index (κ2) is 8.07. The van der Waals surface area contributed by atoms with Crippen LogP contribution in [0.1, 0.15) is 19.8 Å². The van der Waals surface area contributed by atoms with E-state index in [-0.39, 0.29) is 12.4 Å². The van der Waals surface area contributed by atoms with Crippen LogP contribution in [0.15, 0.2) is 24.3 Å². The Hall–Kier alpha value is -2.11. The van der Waals surface area contributed by atoms with E-state index in [1.54, 1.807) is 6.07 Å². The van der Waals surface area contributed by atoms with Crippen LogP contribution in [-0.4, -0.2) is 25.0 Å². The molecule has 0 aliphatic rings. The van der Waals surface area contributed by atoms with Crippen molar-refractivity contribution in [2.24, 2.45) is 0 Å². The molecule has 1 rings (SSSR count). The van der Waals surface area contributed by atoms with Crippen LogP contribution >= 0.6 is 0 Å². The van der Waals surface area contributed by atoms with E-state index in [1.165, 1.54) is 18.2 Å². The molecule has 1 aromatic carbocycles. The standard InChI is InChI=1S/C13H18FN3O2/c1-2-3-7-15-13(19)17-12(18)9-16-11-6-4-5-10(14)8-11/h4-6,8,16H,2-3,7,9H2,1H3,(H2,15,17,18,19). The quantitative estimate of drug-likeness (QED) is 0.689. The van der Waals surface area contributed by atoms with Crippen molar-refractivity contribution in [1.82, 2.24) is 10.6 Å². The minimum Gasteiger partial charge on any atom is -0.376 e. The van der Waals surface area contributed by atoms with E-state index in [0.717, 1.165) is 12.8 Å². The summed E-state index contributed by atoms with van der Waals surface area (Å²) in [4.78, 5) is 22.7. The lowest BCUT2D eigenvalue weighted by molar-refractivity contribution is -0.118. The Balaban J connectivity index is 2.26. The molecule has 6 heteroatoms. The number of hydrogen-bond acceptors (Lipinski definition) is 3. The molecule has 0 saturated carbocycles. The van der Waals surface area contributed by atoms with E-state index in [9.17, 15) is 14.0 Å². The number of amides is 3. The fraction of sp³-hybridized carbons (Fsp3) is 0.385. The van der Waals surface area contributed by atoms with Gasteiger partial charge in [-0.3, -0.25) is 10.1 Å². The number of carbonyl (C=O) groups is 2. The van der Waals surface area contributed by atoms with Crippen LogP contribution in [0.25, 0.3) is 0 Å². The largest absolute Gasteiger partial charge is 0.376 e. The number of carbonyl (C=O) groups excluding carboxylic acids is 2. The summed E-state index contributed by atoms with van der Waals surface area (Å²) in [6.07, 6.45) is 1.83. The van der Waals surface area contributed by atoms with Gasteiger partial charge in [0.25, 0.3) is 0 Å². The first-order valence-corrected chi connectivity index (χ1v) is 6.19. The van der Waals surface area contributed by atoms with Crippen molar-refractivity contribution in [3.05, 3.63) is 30.1 Å². The highest BCUT2D eigenvalue weighted by Crippen LogP contribution is 2.07. The summed E-state index contributed by atoms with van der Waals surface area (Å²) in [5.74, 6) is -0.860. The van der Waals surface area contributed by atoms with Crippen LogP contribution in [-0.2, 0) is 4.79 Å². The van der Waals surface area contributed by atoms with Crippen molar-refractivity contribution in [1.29, 1.82) is 0 Å². The summed E-state index contributed by atoms with van der Waals surface area (Å²) >= 11 is 0. The third-order valence-corrected chi connectivity index (χ3v) is 2.35. The zero-order valence-corrected chi connectivity index (χ0v) is 10.8. The lowest BCUT2D eigenvalue weighted by Gasteiger charge is -2.08. The number of benzene rings is 1. The van der Waals surface area contributed by atoms with E-state index >= 15 is 0 Å². The zero-order chi connectivity index (χ0) is 14.1. The van der Waals surface area contributed by atoms with Gasteiger partial charge in [-0.15, -0.1) is 0 Å². The van der Waals surface area contributed by atoms with E-state index in [0.29, 0.717) is 12.2 Å².